The van der Waals surface area contributed by atoms with Gasteiger partial charge in [0.05, 0.1) is 24.3 Å². The highest BCUT2D eigenvalue weighted by molar-refractivity contribution is 5.93. The second-order valence-corrected chi connectivity index (χ2v) is 8.86. The van der Waals surface area contributed by atoms with E-state index < -0.39 is 17.6 Å². The molecule has 3 aromatic rings. The number of aliphatic hydroxyl groups excluding tert-OH is 1. The molecular weight excluding hydrogens is 398 g/mol. The summed E-state index contributed by atoms with van der Waals surface area (Å²) in [5.41, 5.74) is 1.99. The first kappa shape index (κ1) is 20.9. The molecule has 1 amide bonds. The minimum atomic E-state index is -1.05. The second kappa shape index (κ2) is 8.19. The molecule has 0 aliphatic carbocycles. The summed E-state index contributed by atoms with van der Waals surface area (Å²) in [6.07, 6.45) is -1.12. The van der Waals surface area contributed by atoms with Gasteiger partial charge >= 0.3 is 0 Å². The first-order valence-electron chi connectivity index (χ1n) is 11.4. The van der Waals surface area contributed by atoms with Crippen LogP contribution in [0.5, 0.6) is 0 Å². The van der Waals surface area contributed by atoms with E-state index in [9.17, 15) is 9.90 Å². The molecule has 0 bridgehead atoms. The third-order valence-electron chi connectivity index (χ3n) is 7.24. The van der Waals surface area contributed by atoms with Crippen LogP contribution in [0, 0.1) is 5.41 Å². The average molecular weight is 428 g/mol. The summed E-state index contributed by atoms with van der Waals surface area (Å²) in [7, 11) is 0. The van der Waals surface area contributed by atoms with Crippen LogP contribution < -0.4 is 0 Å². The maximum absolute atomic E-state index is 14.1. The highest BCUT2D eigenvalue weighted by atomic mass is 16.5. The SMILES string of the molecule is CC[C@H]1O[C@H](c2ccccc2)C2(C(=O)N([C@@H](C)c3ccccc3)[C@@H]2c2ccccc2)[C@@H]1O. The lowest BCUT2D eigenvalue weighted by atomic mass is 9.59. The van der Waals surface area contributed by atoms with Gasteiger partial charge in [0.1, 0.15) is 11.5 Å². The van der Waals surface area contributed by atoms with Crippen molar-refractivity contribution in [1.29, 1.82) is 0 Å². The number of hydrogen-bond donors (Lipinski definition) is 1. The minimum Gasteiger partial charge on any atom is -0.389 e. The molecule has 6 atom stereocenters. The zero-order valence-corrected chi connectivity index (χ0v) is 18.5. The maximum Gasteiger partial charge on any atom is 0.238 e. The minimum absolute atomic E-state index is 0.0417. The fourth-order valence-corrected chi connectivity index (χ4v) is 5.66. The molecular formula is C28H29NO3. The van der Waals surface area contributed by atoms with Crippen molar-refractivity contribution in [1.82, 2.24) is 4.90 Å². The Morgan fingerprint density at radius 1 is 0.906 bits per heavy atom. The summed E-state index contributed by atoms with van der Waals surface area (Å²) in [5.74, 6) is -0.0417. The number of carbonyl (C=O) groups is 1. The number of ether oxygens (including phenoxy) is 1. The van der Waals surface area contributed by atoms with Crippen LogP contribution in [0.25, 0.3) is 0 Å². The molecule has 4 nitrogen and oxygen atoms in total. The summed E-state index contributed by atoms with van der Waals surface area (Å²) >= 11 is 0. The molecule has 2 saturated heterocycles. The van der Waals surface area contributed by atoms with Crippen molar-refractivity contribution in [2.75, 3.05) is 0 Å². The van der Waals surface area contributed by atoms with E-state index in [4.69, 9.17) is 4.74 Å². The highest BCUT2D eigenvalue weighted by Crippen LogP contribution is 2.66. The van der Waals surface area contributed by atoms with E-state index in [1.165, 1.54) is 0 Å². The maximum atomic E-state index is 14.1. The van der Waals surface area contributed by atoms with Gasteiger partial charge in [0.2, 0.25) is 5.91 Å². The molecule has 2 heterocycles. The number of amides is 1. The first-order valence-corrected chi connectivity index (χ1v) is 11.4. The van der Waals surface area contributed by atoms with E-state index in [0.29, 0.717) is 6.42 Å². The van der Waals surface area contributed by atoms with Crippen LogP contribution >= 0.6 is 0 Å². The second-order valence-electron chi connectivity index (χ2n) is 8.86. The van der Waals surface area contributed by atoms with E-state index >= 15 is 0 Å². The fourth-order valence-electron chi connectivity index (χ4n) is 5.66. The van der Waals surface area contributed by atoms with Gasteiger partial charge < -0.3 is 14.7 Å². The van der Waals surface area contributed by atoms with Gasteiger partial charge in [-0.15, -0.1) is 0 Å². The van der Waals surface area contributed by atoms with Crippen LogP contribution in [0.1, 0.15) is 55.1 Å². The lowest BCUT2D eigenvalue weighted by molar-refractivity contribution is -0.199. The van der Waals surface area contributed by atoms with Gasteiger partial charge in [0, 0.05) is 0 Å². The summed E-state index contributed by atoms with van der Waals surface area (Å²) in [4.78, 5) is 16.1. The topological polar surface area (TPSA) is 49.8 Å². The Balaban J connectivity index is 1.66. The molecule has 2 aliphatic rings. The predicted octanol–water partition coefficient (Wildman–Crippen LogP) is 5.23. The van der Waals surface area contributed by atoms with Gasteiger partial charge in [0.15, 0.2) is 0 Å². The number of β-lactam (4-membered cyclic amide) rings is 1. The van der Waals surface area contributed by atoms with Crippen molar-refractivity contribution in [3.8, 4) is 0 Å². The molecule has 5 rings (SSSR count). The summed E-state index contributed by atoms with van der Waals surface area (Å²) < 4.78 is 6.43. The monoisotopic (exact) mass is 427 g/mol. The van der Waals surface area contributed by atoms with Crippen LogP contribution in [0.3, 0.4) is 0 Å². The number of benzene rings is 3. The van der Waals surface area contributed by atoms with Gasteiger partial charge in [-0.25, -0.2) is 0 Å². The Bertz CT molecular complexity index is 1070. The molecule has 2 aliphatic heterocycles. The van der Waals surface area contributed by atoms with Gasteiger partial charge in [-0.2, -0.15) is 0 Å². The number of nitrogens with zero attached hydrogens (tertiary/aromatic N) is 1. The Kier molecular flexibility index (Phi) is 5.36. The summed E-state index contributed by atoms with van der Waals surface area (Å²) in [6, 6.07) is 29.6. The van der Waals surface area contributed by atoms with Crippen LogP contribution in [0.2, 0.25) is 0 Å². The molecule has 3 aromatic carbocycles. The van der Waals surface area contributed by atoms with E-state index in [-0.39, 0.29) is 24.1 Å². The predicted molar refractivity (Wildman–Crippen MR) is 124 cm³/mol. The molecule has 0 aromatic heterocycles. The van der Waals surface area contributed by atoms with Crippen LogP contribution in [-0.2, 0) is 9.53 Å². The third-order valence-corrected chi connectivity index (χ3v) is 7.24. The van der Waals surface area contributed by atoms with Crippen LogP contribution in [0.4, 0.5) is 0 Å². The van der Waals surface area contributed by atoms with Crippen LogP contribution in [0.15, 0.2) is 91.0 Å². The standard InChI is InChI=1S/C28H29NO3/c1-3-23-25(30)28(26(32-23)22-17-11-6-12-18-22)24(21-15-9-5-10-16-21)29(27(28)31)19(2)20-13-7-4-8-14-20/h4-19,23-26,30H,3H2,1-2H3/t19-,23+,24+,25+,26+,28?/m0/s1. The van der Waals surface area contributed by atoms with Crippen molar-refractivity contribution < 1.29 is 14.6 Å². The summed E-state index contributed by atoms with van der Waals surface area (Å²) in [6.45, 7) is 4.06. The van der Waals surface area contributed by atoms with E-state index in [1.54, 1.807) is 0 Å². The first-order chi connectivity index (χ1) is 15.6. The lowest BCUT2D eigenvalue weighted by Gasteiger charge is -2.59. The number of hydrogen-bond acceptors (Lipinski definition) is 3. The summed E-state index contributed by atoms with van der Waals surface area (Å²) in [5, 5.41) is 11.6. The Morgan fingerprint density at radius 2 is 1.44 bits per heavy atom. The number of carbonyl (C=O) groups excluding carboxylic acids is 1. The zero-order chi connectivity index (χ0) is 22.3. The quantitative estimate of drug-likeness (QED) is 0.568. The Morgan fingerprint density at radius 3 is 2.00 bits per heavy atom. The van der Waals surface area contributed by atoms with Gasteiger partial charge in [-0.05, 0) is 30.0 Å². The molecule has 1 spiro atoms. The van der Waals surface area contributed by atoms with Crippen LogP contribution in [-0.4, -0.2) is 28.1 Å². The average Bonchev–Trinajstić information content (AvgIpc) is 3.17. The normalized spacial score (nSPS) is 30.3. The van der Waals surface area contributed by atoms with E-state index in [2.05, 4.69) is 31.2 Å². The van der Waals surface area contributed by atoms with Crippen molar-refractivity contribution in [2.45, 2.75) is 50.7 Å². The largest absolute Gasteiger partial charge is 0.389 e. The van der Waals surface area contributed by atoms with Crippen molar-refractivity contribution in [3.63, 3.8) is 0 Å². The third kappa shape index (κ3) is 2.94. The lowest BCUT2D eigenvalue weighted by Crippen LogP contribution is -2.69. The van der Waals surface area contributed by atoms with Crippen molar-refractivity contribution in [2.24, 2.45) is 5.41 Å². The molecule has 0 saturated carbocycles. The fraction of sp³-hybridized carbons (Fsp3) is 0.321. The van der Waals surface area contributed by atoms with Crippen molar-refractivity contribution >= 4 is 5.91 Å². The van der Waals surface area contributed by atoms with Gasteiger partial charge in [0.25, 0.3) is 0 Å². The van der Waals surface area contributed by atoms with E-state index in [0.717, 1.165) is 16.7 Å². The molecule has 164 valence electrons. The van der Waals surface area contributed by atoms with E-state index in [1.807, 2.05) is 78.6 Å². The molecule has 2 fully saturated rings. The Labute approximate surface area is 189 Å². The molecule has 4 heteroatoms. The molecule has 32 heavy (non-hydrogen) atoms. The molecule has 1 unspecified atom stereocenters. The highest BCUT2D eigenvalue weighted by Gasteiger charge is 2.74. The number of likely N-dealkylation sites (tertiary alicyclic amines) is 1. The number of aliphatic hydroxyl groups is 1. The van der Waals surface area contributed by atoms with Gasteiger partial charge in [-0.1, -0.05) is 97.9 Å². The van der Waals surface area contributed by atoms with Gasteiger partial charge in [-0.3, -0.25) is 4.79 Å². The van der Waals surface area contributed by atoms with Crippen molar-refractivity contribution in [3.05, 3.63) is 108 Å². The molecule has 1 N–H and O–H groups in total. The smallest absolute Gasteiger partial charge is 0.238 e. The molecule has 0 radical (unpaired) electrons. The number of rotatable bonds is 5. The Hall–Kier alpha value is -2.95. The zero-order valence-electron chi connectivity index (χ0n) is 18.5.